The molecule has 0 saturated carbocycles. The maximum atomic E-state index is 12.5. The first-order valence-corrected chi connectivity index (χ1v) is 3.49. The number of halogens is 4. The maximum Gasteiger partial charge on any atom is 0.573 e. The molecule has 8 heteroatoms. The minimum atomic E-state index is -5.10. The lowest BCUT2D eigenvalue weighted by atomic mass is 10.3. The Balaban J connectivity index is 3.13. The average molecular weight is 225 g/mol. The fourth-order valence-electron chi connectivity index (χ4n) is 0.845. The van der Waals surface area contributed by atoms with E-state index in [0.29, 0.717) is 18.2 Å². The first-order valence-electron chi connectivity index (χ1n) is 3.49. The Kier molecular flexibility index (Phi) is 2.78. The molecule has 82 valence electrons. The van der Waals surface area contributed by atoms with Crippen molar-refractivity contribution in [3.63, 3.8) is 0 Å². The molecule has 0 saturated heterocycles. The Morgan fingerprint density at radius 3 is 2.40 bits per heavy atom. The van der Waals surface area contributed by atoms with E-state index in [2.05, 4.69) is 4.74 Å². The zero-order valence-electron chi connectivity index (χ0n) is 6.92. The molecule has 0 aliphatic heterocycles. The van der Waals surface area contributed by atoms with Crippen molar-refractivity contribution in [1.82, 2.24) is 0 Å². The van der Waals surface area contributed by atoms with Crippen molar-refractivity contribution >= 4 is 5.69 Å². The highest BCUT2D eigenvalue weighted by Gasteiger charge is 2.34. The standard InChI is InChI=1S/C7H3F4NO3/c8-4-1-2-5(12(13)14)6(3-4)15-7(9,10)11/h1-3H. The predicted molar refractivity (Wildman–Crippen MR) is 39.7 cm³/mol. The second-order valence-electron chi connectivity index (χ2n) is 2.42. The van der Waals surface area contributed by atoms with Crippen molar-refractivity contribution in [2.24, 2.45) is 0 Å². The highest BCUT2D eigenvalue weighted by Crippen LogP contribution is 2.32. The molecule has 1 aromatic rings. The third kappa shape index (κ3) is 3.08. The van der Waals surface area contributed by atoms with E-state index in [0.717, 1.165) is 0 Å². The molecule has 0 unspecified atom stereocenters. The number of hydrogen-bond acceptors (Lipinski definition) is 3. The van der Waals surface area contributed by atoms with Crippen LogP contribution in [0.2, 0.25) is 0 Å². The number of nitro benzene ring substituents is 1. The Bertz CT molecular complexity index is 390. The first-order chi connectivity index (χ1) is 6.79. The first kappa shape index (κ1) is 11.2. The quantitative estimate of drug-likeness (QED) is 0.441. The molecule has 0 aromatic heterocycles. The summed E-state index contributed by atoms with van der Waals surface area (Å²) in [6.07, 6.45) is -5.10. The van der Waals surface area contributed by atoms with Crippen molar-refractivity contribution in [1.29, 1.82) is 0 Å². The average Bonchev–Trinajstić information content (AvgIpc) is 1.99. The van der Waals surface area contributed by atoms with Gasteiger partial charge >= 0.3 is 12.0 Å². The van der Waals surface area contributed by atoms with E-state index in [1.807, 2.05) is 0 Å². The third-order valence-electron chi connectivity index (χ3n) is 1.34. The fraction of sp³-hybridized carbons (Fsp3) is 0.143. The number of hydrogen-bond donors (Lipinski definition) is 0. The molecule has 0 atom stereocenters. The zero-order valence-corrected chi connectivity index (χ0v) is 6.92. The summed E-state index contributed by atoms with van der Waals surface area (Å²) in [5, 5.41) is 10.3. The van der Waals surface area contributed by atoms with Crippen LogP contribution in [-0.2, 0) is 0 Å². The lowest BCUT2D eigenvalue weighted by Gasteiger charge is -2.08. The molecule has 0 bridgehead atoms. The van der Waals surface area contributed by atoms with Gasteiger partial charge in [0.25, 0.3) is 0 Å². The molecular formula is C7H3F4NO3. The highest BCUT2D eigenvalue weighted by molar-refractivity contribution is 5.46. The van der Waals surface area contributed by atoms with Crippen LogP contribution >= 0.6 is 0 Å². The van der Waals surface area contributed by atoms with E-state index >= 15 is 0 Å². The van der Waals surface area contributed by atoms with Crippen LogP contribution < -0.4 is 4.74 Å². The minimum absolute atomic E-state index is 0.297. The van der Waals surface area contributed by atoms with Gasteiger partial charge in [-0.25, -0.2) is 4.39 Å². The van der Waals surface area contributed by atoms with Gasteiger partial charge in [-0.05, 0) is 6.07 Å². The third-order valence-corrected chi connectivity index (χ3v) is 1.34. The summed E-state index contributed by atoms with van der Waals surface area (Å²) >= 11 is 0. The van der Waals surface area contributed by atoms with Gasteiger partial charge in [-0.15, -0.1) is 13.2 Å². The molecule has 0 aliphatic carbocycles. The molecule has 0 N–H and O–H groups in total. The van der Waals surface area contributed by atoms with Crippen LogP contribution in [-0.4, -0.2) is 11.3 Å². The highest BCUT2D eigenvalue weighted by atomic mass is 19.4. The number of nitro groups is 1. The van der Waals surface area contributed by atoms with Crippen LogP contribution in [0.15, 0.2) is 18.2 Å². The van der Waals surface area contributed by atoms with Gasteiger partial charge in [0, 0.05) is 12.1 Å². The van der Waals surface area contributed by atoms with Crippen LogP contribution in [0.25, 0.3) is 0 Å². The summed E-state index contributed by atoms with van der Waals surface area (Å²) in [5.41, 5.74) is -0.950. The molecule has 0 heterocycles. The molecule has 15 heavy (non-hydrogen) atoms. The molecular weight excluding hydrogens is 222 g/mol. The largest absolute Gasteiger partial charge is 0.573 e. The lowest BCUT2D eigenvalue weighted by Crippen LogP contribution is -2.18. The maximum absolute atomic E-state index is 12.5. The van der Waals surface area contributed by atoms with Gasteiger partial charge in [-0.3, -0.25) is 10.1 Å². The van der Waals surface area contributed by atoms with Crippen LogP contribution in [0.1, 0.15) is 0 Å². The van der Waals surface area contributed by atoms with Gasteiger partial charge in [0.05, 0.1) is 4.92 Å². The molecule has 1 aromatic carbocycles. The Labute approximate surface area is 80.2 Å². The fourth-order valence-corrected chi connectivity index (χ4v) is 0.845. The van der Waals surface area contributed by atoms with E-state index in [9.17, 15) is 27.7 Å². The smallest absolute Gasteiger partial charge is 0.398 e. The van der Waals surface area contributed by atoms with Crippen molar-refractivity contribution in [2.45, 2.75) is 6.36 Å². The van der Waals surface area contributed by atoms with Crippen LogP contribution in [0.4, 0.5) is 23.2 Å². The molecule has 0 aliphatic rings. The van der Waals surface area contributed by atoms with Gasteiger partial charge in [-0.1, -0.05) is 0 Å². The molecule has 1 rings (SSSR count). The SMILES string of the molecule is O=[N+]([O-])c1ccc(F)cc1OC(F)(F)F. The molecule has 0 radical (unpaired) electrons. The topological polar surface area (TPSA) is 52.4 Å². The van der Waals surface area contributed by atoms with Crippen LogP contribution in [0, 0.1) is 15.9 Å². The monoisotopic (exact) mass is 225 g/mol. The Hall–Kier alpha value is -1.86. The number of alkyl halides is 3. The van der Waals surface area contributed by atoms with Gasteiger partial charge in [0.2, 0.25) is 5.75 Å². The van der Waals surface area contributed by atoms with Crippen LogP contribution in [0.5, 0.6) is 5.75 Å². The lowest BCUT2D eigenvalue weighted by molar-refractivity contribution is -0.388. The summed E-state index contributed by atoms with van der Waals surface area (Å²) in [7, 11) is 0. The molecule has 0 spiro atoms. The molecule has 0 amide bonds. The Morgan fingerprint density at radius 2 is 1.93 bits per heavy atom. The number of rotatable bonds is 2. The minimum Gasteiger partial charge on any atom is -0.398 e. The second-order valence-corrected chi connectivity index (χ2v) is 2.42. The summed E-state index contributed by atoms with van der Waals surface area (Å²) in [6, 6.07) is 1.56. The van der Waals surface area contributed by atoms with E-state index in [4.69, 9.17) is 0 Å². The number of benzene rings is 1. The van der Waals surface area contributed by atoms with E-state index in [-0.39, 0.29) is 0 Å². The second kappa shape index (κ2) is 3.71. The van der Waals surface area contributed by atoms with Crippen molar-refractivity contribution < 1.29 is 27.2 Å². The number of ether oxygens (including phenoxy) is 1. The van der Waals surface area contributed by atoms with Gasteiger partial charge in [0.15, 0.2) is 0 Å². The summed E-state index contributed by atoms with van der Waals surface area (Å²) < 4.78 is 51.1. The Morgan fingerprint density at radius 1 is 1.33 bits per heavy atom. The van der Waals surface area contributed by atoms with Gasteiger partial charge in [-0.2, -0.15) is 0 Å². The van der Waals surface area contributed by atoms with Crippen molar-refractivity contribution in [3.05, 3.63) is 34.1 Å². The predicted octanol–water partition coefficient (Wildman–Crippen LogP) is 2.63. The normalized spacial score (nSPS) is 11.2. The number of nitrogens with zero attached hydrogens (tertiary/aromatic N) is 1. The molecule has 0 fully saturated rings. The van der Waals surface area contributed by atoms with Crippen molar-refractivity contribution in [2.75, 3.05) is 0 Å². The van der Waals surface area contributed by atoms with Crippen molar-refractivity contribution in [3.8, 4) is 5.75 Å². The summed E-state index contributed by atoms with van der Waals surface area (Å²) in [5.74, 6) is -2.23. The zero-order chi connectivity index (χ0) is 11.6. The van der Waals surface area contributed by atoms with Crippen LogP contribution in [0.3, 0.4) is 0 Å². The van der Waals surface area contributed by atoms with Gasteiger partial charge in [0.1, 0.15) is 5.82 Å². The van der Waals surface area contributed by atoms with E-state index in [1.165, 1.54) is 0 Å². The summed E-state index contributed by atoms with van der Waals surface area (Å²) in [6.45, 7) is 0. The van der Waals surface area contributed by atoms with E-state index in [1.54, 1.807) is 0 Å². The molecule has 4 nitrogen and oxygen atoms in total. The van der Waals surface area contributed by atoms with Gasteiger partial charge < -0.3 is 4.74 Å². The summed E-state index contributed by atoms with van der Waals surface area (Å²) in [4.78, 5) is 9.16. The van der Waals surface area contributed by atoms with E-state index < -0.39 is 28.5 Å².